The highest BCUT2D eigenvalue weighted by Gasteiger charge is 2.11. The molecule has 18 heavy (non-hydrogen) atoms. The Labute approximate surface area is 116 Å². The summed E-state index contributed by atoms with van der Waals surface area (Å²) in [6.07, 6.45) is 0. The van der Waals surface area contributed by atoms with Gasteiger partial charge in [-0.3, -0.25) is 5.10 Å². The second-order valence-electron chi connectivity index (χ2n) is 3.43. The molecule has 8 heteroatoms. The van der Waals surface area contributed by atoms with Crippen molar-refractivity contribution >= 4 is 33.5 Å². The standard InChI is InChI=1S/C10H10BrN5OS/c1-5-13-10(15-14-5)18-8-4-6(11)2-3-7(8)9(12)16-17/h2-4,17H,1H3,(H2,12,16)(H,13,14,15). The summed E-state index contributed by atoms with van der Waals surface area (Å²) in [4.78, 5) is 5.00. The van der Waals surface area contributed by atoms with E-state index in [-0.39, 0.29) is 5.84 Å². The lowest BCUT2D eigenvalue weighted by molar-refractivity contribution is 0.318. The minimum atomic E-state index is 0.0530. The summed E-state index contributed by atoms with van der Waals surface area (Å²) in [6.45, 7) is 1.82. The molecule has 6 nitrogen and oxygen atoms in total. The maximum atomic E-state index is 8.76. The molecule has 0 bridgehead atoms. The van der Waals surface area contributed by atoms with Crippen LogP contribution in [0, 0.1) is 6.92 Å². The van der Waals surface area contributed by atoms with Crippen LogP contribution < -0.4 is 5.73 Å². The van der Waals surface area contributed by atoms with E-state index in [1.807, 2.05) is 19.1 Å². The van der Waals surface area contributed by atoms with Crippen LogP contribution in [0.5, 0.6) is 0 Å². The van der Waals surface area contributed by atoms with Crippen LogP contribution in [0.25, 0.3) is 0 Å². The third kappa shape index (κ3) is 2.82. The van der Waals surface area contributed by atoms with Gasteiger partial charge in [-0.05, 0) is 36.9 Å². The maximum Gasteiger partial charge on any atom is 0.213 e. The first-order valence-electron chi connectivity index (χ1n) is 4.94. The highest BCUT2D eigenvalue weighted by atomic mass is 79.9. The predicted octanol–water partition coefficient (Wildman–Crippen LogP) is 2.12. The summed E-state index contributed by atoms with van der Waals surface area (Å²) in [6, 6.07) is 5.45. The molecule has 0 saturated carbocycles. The van der Waals surface area contributed by atoms with E-state index in [4.69, 9.17) is 10.9 Å². The van der Waals surface area contributed by atoms with Crippen molar-refractivity contribution in [2.75, 3.05) is 0 Å². The number of aryl methyl sites for hydroxylation is 1. The Morgan fingerprint density at radius 3 is 2.94 bits per heavy atom. The monoisotopic (exact) mass is 327 g/mol. The highest BCUT2D eigenvalue weighted by molar-refractivity contribution is 9.10. The molecule has 0 aliphatic carbocycles. The SMILES string of the molecule is Cc1nc(Sc2cc(Br)ccc2/C(N)=N/O)n[nH]1. The third-order valence-electron chi connectivity index (χ3n) is 2.11. The third-order valence-corrected chi connectivity index (χ3v) is 3.52. The van der Waals surface area contributed by atoms with Gasteiger partial charge in [0.1, 0.15) is 5.82 Å². The lowest BCUT2D eigenvalue weighted by Gasteiger charge is -2.06. The van der Waals surface area contributed by atoms with Crippen LogP contribution in [0.4, 0.5) is 0 Å². The molecule has 94 valence electrons. The van der Waals surface area contributed by atoms with E-state index in [0.717, 1.165) is 15.2 Å². The Morgan fingerprint density at radius 2 is 2.33 bits per heavy atom. The molecule has 0 amide bonds. The number of nitrogens with zero attached hydrogens (tertiary/aromatic N) is 3. The van der Waals surface area contributed by atoms with Gasteiger partial charge in [-0.2, -0.15) is 0 Å². The normalized spacial score (nSPS) is 11.8. The Balaban J connectivity index is 2.39. The Kier molecular flexibility index (Phi) is 3.87. The number of oxime groups is 1. The fourth-order valence-electron chi connectivity index (χ4n) is 1.31. The quantitative estimate of drug-likeness (QED) is 0.347. The number of aromatic amines is 1. The topological polar surface area (TPSA) is 100 Å². The Hall–Kier alpha value is -1.54. The lowest BCUT2D eigenvalue weighted by atomic mass is 10.2. The van der Waals surface area contributed by atoms with Crippen molar-refractivity contribution in [3.63, 3.8) is 0 Å². The number of H-pyrrole nitrogens is 1. The van der Waals surface area contributed by atoms with E-state index in [1.165, 1.54) is 11.8 Å². The molecule has 1 aromatic heterocycles. The second kappa shape index (κ2) is 5.40. The Morgan fingerprint density at radius 1 is 1.56 bits per heavy atom. The number of benzene rings is 1. The van der Waals surface area contributed by atoms with Crippen LogP contribution in [0.2, 0.25) is 0 Å². The van der Waals surface area contributed by atoms with Crippen LogP contribution in [-0.4, -0.2) is 26.2 Å². The number of nitrogens with one attached hydrogen (secondary N) is 1. The largest absolute Gasteiger partial charge is 0.409 e. The molecule has 0 fully saturated rings. The first-order valence-corrected chi connectivity index (χ1v) is 6.55. The van der Waals surface area contributed by atoms with Crippen LogP contribution in [0.1, 0.15) is 11.4 Å². The molecule has 0 unspecified atom stereocenters. The molecule has 1 aromatic carbocycles. The zero-order valence-electron chi connectivity index (χ0n) is 9.38. The summed E-state index contributed by atoms with van der Waals surface area (Å²) in [7, 11) is 0. The van der Waals surface area contributed by atoms with Crippen LogP contribution in [0.15, 0.2) is 37.9 Å². The van der Waals surface area contributed by atoms with Crippen molar-refractivity contribution in [3.8, 4) is 0 Å². The van der Waals surface area contributed by atoms with Crippen molar-refractivity contribution < 1.29 is 5.21 Å². The average Bonchev–Trinajstić information content (AvgIpc) is 2.74. The zero-order valence-corrected chi connectivity index (χ0v) is 11.8. The van der Waals surface area contributed by atoms with E-state index in [0.29, 0.717) is 10.7 Å². The van der Waals surface area contributed by atoms with Gasteiger partial charge in [0.15, 0.2) is 5.84 Å². The van der Waals surface area contributed by atoms with Gasteiger partial charge >= 0.3 is 0 Å². The van der Waals surface area contributed by atoms with Crippen LogP contribution >= 0.6 is 27.7 Å². The number of amidine groups is 1. The molecule has 0 aliphatic rings. The van der Waals surface area contributed by atoms with E-state index in [2.05, 4.69) is 36.3 Å². The van der Waals surface area contributed by atoms with Gasteiger partial charge in [0.25, 0.3) is 0 Å². The molecule has 2 aromatic rings. The van der Waals surface area contributed by atoms with Gasteiger partial charge in [0.2, 0.25) is 5.16 Å². The number of hydrogen-bond donors (Lipinski definition) is 3. The van der Waals surface area contributed by atoms with Gasteiger partial charge < -0.3 is 10.9 Å². The second-order valence-corrected chi connectivity index (χ2v) is 5.36. The lowest BCUT2D eigenvalue weighted by Crippen LogP contribution is -2.14. The number of aromatic nitrogens is 3. The molecule has 0 radical (unpaired) electrons. The van der Waals surface area contributed by atoms with Gasteiger partial charge in [-0.1, -0.05) is 21.1 Å². The fourth-order valence-corrected chi connectivity index (χ4v) is 2.76. The molecule has 0 spiro atoms. The van der Waals surface area contributed by atoms with Crippen molar-refractivity contribution in [2.24, 2.45) is 10.9 Å². The molecular weight excluding hydrogens is 318 g/mol. The van der Waals surface area contributed by atoms with Crippen molar-refractivity contribution in [3.05, 3.63) is 34.1 Å². The van der Waals surface area contributed by atoms with E-state index in [9.17, 15) is 0 Å². The highest BCUT2D eigenvalue weighted by Crippen LogP contribution is 2.30. The van der Waals surface area contributed by atoms with E-state index in [1.54, 1.807) is 6.07 Å². The number of halogens is 1. The molecule has 2 rings (SSSR count). The minimum Gasteiger partial charge on any atom is -0.409 e. The minimum absolute atomic E-state index is 0.0530. The van der Waals surface area contributed by atoms with Crippen LogP contribution in [0.3, 0.4) is 0 Å². The number of nitrogens with two attached hydrogens (primary N) is 1. The first kappa shape index (κ1) is 12.9. The number of hydrogen-bond acceptors (Lipinski definition) is 5. The summed E-state index contributed by atoms with van der Waals surface area (Å²) >= 11 is 4.72. The van der Waals surface area contributed by atoms with E-state index < -0.39 is 0 Å². The Bertz CT molecular complexity index is 598. The van der Waals surface area contributed by atoms with Gasteiger partial charge in [-0.25, -0.2) is 4.98 Å². The maximum absolute atomic E-state index is 8.76. The molecule has 0 aliphatic heterocycles. The van der Waals surface area contributed by atoms with Gasteiger partial charge in [0, 0.05) is 14.9 Å². The number of rotatable bonds is 3. The summed E-state index contributed by atoms with van der Waals surface area (Å²) in [5.41, 5.74) is 6.26. The van der Waals surface area contributed by atoms with E-state index >= 15 is 0 Å². The summed E-state index contributed by atoms with van der Waals surface area (Å²) < 4.78 is 0.895. The fraction of sp³-hybridized carbons (Fsp3) is 0.100. The van der Waals surface area contributed by atoms with Gasteiger partial charge in [0.05, 0.1) is 0 Å². The molecule has 4 N–H and O–H groups in total. The van der Waals surface area contributed by atoms with Gasteiger partial charge in [-0.15, -0.1) is 5.10 Å². The van der Waals surface area contributed by atoms with Crippen molar-refractivity contribution in [2.45, 2.75) is 17.0 Å². The molecule has 0 saturated heterocycles. The zero-order chi connectivity index (χ0) is 13.1. The predicted molar refractivity (Wildman–Crippen MR) is 71.9 cm³/mol. The average molecular weight is 328 g/mol. The smallest absolute Gasteiger partial charge is 0.213 e. The first-order chi connectivity index (χ1) is 8.60. The molecule has 1 heterocycles. The summed E-state index contributed by atoms with van der Waals surface area (Å²) in [5, 5.41) is 19.1. The van der Waals surface area contributed by atoms with Crippen LogP contribution in [-0.2, 0) is 0 Å². The molecular formula is C10H10BrN5OS. The van der Waals surface area contributed by atoms with Crippen molar-refractivity contribution in [1.82, 2.24) is 15.2 Å². The summed E-state index contributed by atoms with van der Waals surface area (Å²) in [5.74, 6) is 0.787. The van der Waals surface area contributed by atoms with Crippen molar-refractivity contribution in [1.29, 1.82) is 0 Å². The molecule has 0 atom stereocenters.